The van der Waals surface area contributed by atoms with Gasteiger partial charge in [-0.2, -0.15) is 0 Å². The highest BCUT2D eigenvalue weighted by atomic mass is 14.9. The largest absolute Gasteiger partial charge is 0.344 e. The van der Waals surface area contributed by atoms with Gasteiger partial charge in [-0.3, -0.25) is 9.97 Å². The van der Waals surface area contributed by atoms with Crippen LogP contribution >= 0.6 is 0 Å². The van der Waals surface area contributed by atoms with Crippen LogP contribution in [-0.4, -0.2) is 19.1 Å². The molecule has 0 spiro atoms. The van der Waals surface area contributed by atoms with Crippen LogP contribution < -0.4 is 0 Å². The van der Waals surface area contributed by atoms with Gasteiger partial charge in [-0.25, -0.2) is 0 Å². The summed E-state index contributed by atoms with van der Waals surface area (Å²) in [5, 5.41) is 20.0. The fourth-order valence-electron chi connectivity index (χ4n) is 13.1. The van der Waals surface area contributed by atoms with Crippen LogP contribution in [0.1, 0.15) is 206 Å². The van der Waals surface area contributed by atoms with E-state index in [-0.39, 0.29) is 0 Å². The summed E-state index contributed by atoms with van der Waals surface area (Å²) in [4.78, 5) is 8.84. The molecule has 114 heavy (non-hydrogen) atoms. The minimum Gasteiger partial charge on any atom is -0.344 e. The van der Waals surface area contributed by atoms with Crippen molar-refractivity contribution in [2.75, 3.05) is 0 Å². The van der Waals surface area contributed by atoms with E-state index in [9.17, 15) is 0 Å². The predicted molar refractivity (Wildman–Crippen MR) is 524 cm³/mol. The Balaban J connectivity index is 0.000000642. The van der Waals surface area contributed by atoms with Crippen LogP contribution in [0, 0.1) is 83.1 Å². The Bertz CT molecular complexity index is 5400. The Kier molecular flexibility index (Phi) is 49.5. The Hall–Kier alpha value is -10.7. The van der Waals surface area contributed by atoms with Gasteiger partial charge in [0.05, 0.1) is 5.52 Å². The predicted octanol–water partition coefficient (Wildman–Crippen LogP) is 34.8. The van der Waals surface area contributed by atoms with E-state index in [1.165, 1.54) is 153 Å². The molecule has 0 unspecified atom stereocenters. The molecule has 13 aromatic carbocycles. The molecule has 4 nitrogen and oxygen atoms in total. The number of para-hydroxylation sites is 3. The fraction of sp³-hybridized carbons (Fsp3) is 0.309. The second-order valence-electron chi connectivity index (χ2n) is 25.5. The average molecular weight is 1520 g/mol. The Morgan fingerprint density at radius 2 is 0.526 bits per heavy atom. The van der Waals surface area contributed by atoms with Gasteiger partial charge < -0.3 is 9.13 Å². The number of aryl methyl sites for hydroxylation is 14. The van der Waals surface area contributed by atoms with Crippen LogP contribution in [0.2, 0.25) is 0 Å². The van der Waals surface area contributed by atoms with Crippen molar-refractivity contribution >= 4 is 108 Å². The zero-order valence-corrected chi connectivity index (χ0v) is 77.2. The first-order chi connectivity index (χ1) is 55.4. The van der Waals surface area contributed by atoms with Crippen LogP contribution in [0.25, 0.3) is 108 Å². The number of pyridine rings is 2. The van der Waals surface area contributed by atoms with Gasteiger partial charge in [-0.05, 0) is 202 Å². The molecule has 0 aliphatic heterocycles. The first-order valence-electron chi connectivity index (χ1n) is 42.7. The van der Waals surface area contributed by atoms with E-state index < -0.39 is 0 Å². The molecule has 0 amide bonds. The van der Waals surface area contributed by atoms with Crippen LogP contribution in [0.4, 0.5) is 0 Å². The minimum absolute atomic E-state index is 1.09. The van der Waals surface area contributed by atoms with E-state index in [0.717, 1.165) is 22.6 Å². The third kappa shape index (κ3) is 28.8. The molecule has 17 aromatic rings. The fourth-order valence-corrected chi connectivity index (χ4v) is 13.1. The molecule has 606 valence electrons. The number of rotatable bonds is 0. The summed E-state index contributed by atoms with van der Waals surface area (Å²) >= 11 is 0. The molecule has 0 atom stereocenters. The Morgan fingerprint density at radius 1 is 0.184 bits per heavy atom. The molecule has 4 aromatic heterocycles. The highest BCUT2D eigenvalue weighted by Gasteiger charge is 2.09. The van der Waals surface area contributed by atoms with Gasteiger partial charge >= 0.3 is 0 Å². The van der Waals surface area contributed by atoms with E-state index in [0.29, 0.717) is 0 Å². The second-order valence-corrected chi connectivity index (χ2v) is 25.5. The lowest BCUT2D eigenvalue weighted by molar-refractivity contribution is 1.01. The van der Waals surface area contributed by atoms with Crippen LogP contribution in [-0.2, 0) is 14.1 Å². The lowest BCUT2D eigenvalue weighted by Crippen LogP contribution is -1.86. The lowest BCUT2D eigenvalue weighted by Gasteiger charge is -2.07. The smallest absolute Gasteiger partial charge is 0.0707 e. The van der Waals surface area contributed by atoms with E-state index in [2.05, 4.69) is 351 Å². The molecular formula is C110H146N4. The Morgan fingerprint density at radius 3 is 1.08 bits per heavy atom. The molecule has 0 saturated heterocycles. The van der Waals surface area contributed by atoms with Crippen LogP contribution in [0.15, 0.2) is 267 Å². The summed E-state index contributed by atoms with van der Waals surface area (Å²) in [6, 6.07) is 94.8. The molecule has 0 radical (unpaired) electrons. The Labute approximate surface area is 692 Å². The molecule has 0 aliphatic carbocycles. The standard InChI is InChI=1S/C16H14.2C14H13N.2C12H12.2C11H11N.10C2H6/c1-11-7-8-13-10-12(2)14-5-3-4-6-15(14)16(13)9-11;1-10-7-8-14-12(9-10)11-5-3-4-6-13(11)15(14)2;1-10-7-8-12-11-5-3-4-6-13(11)15(2)14(12)9-10;1-9-3-5-11-6-4-10(2)8-12(11)7-9;1-9-6-7-12-10(2)4-3-5-11(12)8-9;1-8-7-10-5-3-4-6-11(10)9(2)12-8;1-8-7-9(2)12-11-6-4-3-5-10(8)11;10*1-2/h3-10H,1-2H3;2*3-9H,1-2H3;2*3-8H,1-2H3;2*3-7H,1-2H3;10*1-2H3. The van der Waals surface area contributed by atoms with Gasteiger partial charge in [0.1, 0.15) is 0 Å². The molecule has 4 heterocycles. The van der Waals surface area contributed by atoms with E-state index >= 15 is 0 Å². The van der Waals surface area contributed by atoms with Gasteiger partial charge in [0.25, 0.3) is 0 Å². The van der Waals surface area contributed by atoms with Crippen LogP contribution in [0.5, 0.6) is 0 Å². The molecular weight excluding hydrogens is 1380 g/mol. The molecule has 0 saturated carbocycles. The third-order valence-corrected chi connectivity index (χ3v) is 17.9. The molecule has 17 rings (SSSR count). The molecule has 0 N–H and O–H groups in total. The summed E-state index contributed by atoms with van der Waals surface area (Å²) in [7, 11) is 4.25. The van der Waals surface area contributed by atoms with E-state index in [1.54, 1.807) is 0 Å². The number of benzene rings is 13. The zero-order valence-electron chi connectivity index (χ0n) is 77.2. The lowest BCUT2D eigenvalue weighted by atomic mass is 9.97. The van der Waals surface area contributed by atoms with Gasteiger partial charge in [0.15, 0.2) is 0 Å². The maximum atomic E-state index is 4.44. The van der Waals surface area contributed by atoms with E-state index in [1.807, 2.05) is 171 Å². The van der Waals surface area contributed by atoms with Crippen molar-refractivity contribution in [1.82, 2.24) is 19.1 Å². The summed E-state index contributed by atoms with van der Waals surface area (Å²) in [6.45, 7) is 65.4. The maximum Gasteiger partial charge on any atom is 0.0707 e. The minimum atomic E-state index is 1.09. The highest BCUT2D eigenvalue weighted by molar-refractivity contribution is 6.10. The summed E-state index contributed by atoms with van der Waals surface area (Å²) in [6.07, 6.45) is 0. The summed E-state index contributed by atoms with van der Waals surface area (Å²) in [5.74, 6) is 0. The van der Waals surface area contributed by atoms with Gasteiger partial charge in [0, 0.05) is 85.6 Å². The number of hydrogen-bond donors (Lipinski definition) is 0. The van der Waals surface area contributed by atoms with Crippen molar-refractivity contribution in [3.8, 4) is 0 Å². The maximum absolute atomic E-state index is 4.44. The number of hydrogen-bond acceptors (Lipinski definition) is 2. The number of nitrogens with zero attached hydrogens (tertiary/aromatic N) is 4. The topological polar surface area (TPSA) is 35.6 Å². The highest BCUT2D eigenvalue weighted by Crippen LogP contribution is 2.32. The quantitative estimate of drug-likeness (QED) is 0.142. The first-order valence-corrected chi connectivity index (χ1v) is 42.7. The molecule has 0 aliphatic rings. The van der Waals surface area contributed by atoms with Crippen molar-refractivity contribution in [3.63, 3.8) is 0 Å². The van der Waals surface area contributed by atoms with Crippen molar-refractivity contribution in [2.45, 2.75) is 222 Å². The van der Waals surface area contributed by atoms with Gasteiger partial charge in [-0.15, -0.1) is 0 Å². The van der Waals surface area contributed by atoms with Gasteiger partial charge in [0.2, 0.25) is 0 Å². The molecule has 0 bridgehead atoms. The average Bonchev–Trinajstić information content (AvgIpc) is 1.46. The summed E-state index contributed by atoms with van der Waals surface area (Å²) in [5.41, 5.74) is 21.6. The first kappa shape index (κ1) is 101. The second kappa shape index (κ2) is 55.7. The number of fused-ring (bicyclic) bond motifs is 13. The van der Waals surface area contributed by atoms with Crippen molar-refractivity contribution in [3.05, 3.63) is 334 Å². The van der Waals surface area contributed by atoms with Crippen molar-refractivity contribution in [1.29, 1.82) is 0 Å². The zero-order chi connectivity index (χ0) is 86.2. The SMILES string of the molecule is CC.CC.CC.CC.CC.CC.CC.CC.CC.CC.Cc1cc(C)c2ccccc2n1.Cc1cc2ccccc2c(C)n1.Cc1ccc2c(C)cccc2c1.Cc1ccc2c(c1)c1ccccc1n2C.Cc1ccc2c3ccccc3n(C)c2c1.Cc1ccc2cc(C)c3ccccc3c2c1.Cc1ccc2ccc(C)cc2c1. The monoisotopic (exact) mass is 1520 g/mol. The normalized spacial score (nSPS) is 9.49. The van der Waals surface area contributed by atoms with Crippen molar-refractivity contribution < 1.29 is 0 Å². The van der Waals surface area contributed by atoms with Gasteiger partial charge in [-0.1, -0.05) is 385 Å². The summed E-state index contributed by atoms with van der Waals surface area (Å²) < 4.78 is 4.52. The van der Waals surface area contributed by atoms with E-state index in [4.69, 9.17) is 0 Å². The third-order valence-electron chi connectivity index (χ3n) is 17.9. The van der Waals surface area contributed by atoms with Crippen LogP contribution in [0.3, 0.4) is 0 Å². The number of aromatic nitrogens is 4. The molecule has 0 fully saturated rings. The molecule has 4 heteroatoms. The van der Waals surface area contributed by atoms with Crippen molar-refractivity contribution in [2.24, 2.45) is 14.1 Å².